The lowest BCUT2D eigenvalue weighted by molar-refractivity contribution is 0.210. The van der Waals surface area contributed by atoms with Crippen molar-refractivity contribution < 1.29 is 14.3 Å². The fourth-order valence-corrected chi connectivity index (χ4v) is 1.40. The lowest BCUT2D eigenvalue weighted by atomic mass is 10.1. The molecule has 4 heteroatoms. The van der Waals surface area contributed by atoms with Crippen molar-refractivity contribution >= 4 is 8.60 Å². The van der Waals surface area contributed by atoms with Crippen LogP contribution in [0.3, 0.4) is 0 Å². The van der Waals surface area contributed by atoms with E-state index in [1.807, 2.05) is 30.3 Å². The molecule has 0 aliphatic rings. The molecule has 0 amide bonds. The van der Waals surface area contributed by atoms with Gasteiger partial charge >= 0.3 is 8.60 Å². The first-order chi connectivity index (χ1) is 6.24. The molecule has 2 N–H and O–H groups in total. The monoisotopic (exact) mass is 198 g/mol. The van der Waals surface area contributed by atoms with Crippen molar-refractivity contribution in [1.82, 2.24) is 0 Å². The zero-order valence-electron chi connectivity index (χ0n) is 7.00. The SMILES string of the molecule is C=CC(OP(O)O)c1ccccc1. The molecule has 0 fully saturated rings. The van der Waals surface area contributed by atoms with Gasteiger partial charge in [0, 0.05) is 0 Å². The molecule has 1 aromatic rings. The van der Waals surface area contributed by atoms with Crippen molar-refractivity contribution in [2.24, 2.45) is 0 Å². The average molecular weight is 198 g/mol. The van der Waals surface area contributed by atoms with Gasteiger partial charge in [0.2, 0.25) is 0 Å². The Hall–Kier alpha value is -0.730. The maximum Gasteiger partial charge on any atom is 0.327 e. The van der Waals surface area contributed by atoms with E-state index in [1.165, 1.54) is 6.08 Å². The van der Waals surface area contributed by atoms with Gasteiger partial charge in [-0.05, 0) is 5.56 Å². The molecule has 1 unspecified atom stereocenters. The van der Waals surface area contributed by atoms with E-state index in [1.54, 1.807) is 0 Å². The minimum atomic E-state index is -2.34. The van der Waals surface area contributed by atoms with E-state index >= 15 is 0 Å². The molecule has 0 bridgehead atoms. The highest BCUT2D eigenvalue weighted by Gasteiger charge is 2.11. The van der Waals surface area contributed by atoms with Crippen LogP contribution in [0.2, 0.25) is 0 Å². The highest BCUT2D eigenvalue weighted by Crippen LogP contribution is 2.34. The van der Waals surface area contributed by atoms with Gasteiger partial charge in [-0.2, -0.15) is 0 Å². The van der Waals surface area contributed by atoms with Gasteiger partial charge < -0.3 is 14.3 Å². The maximum atomic E-state index is 8.67. The molecule has 0 spiro atoms. The summed E-state index contributed by atoms with van der Waals surface area (Å²) in [6.07, 6.45) is 1.07. The third kappa shape index (κ3) is 3.25. The van der Waals surface area contributed by atoms with Crippen LogP contribution in [0.4, 0.5) is 0 Å². The Bertz CT molecular complexity index is 261. The Morgan fingerprint density at radius 1 is 1.31 bits per heavy atom. The summed E-state index contributed by atoms with van der Waals surface area (Å²) in [6.45, 7) is 3.55. The molecule has 0 aliphatic carbocycles. The fourth-order valence-electron chi connectivity index (χ4n) is 0.984. The molecule has 70 valence electrons. The fraction of sp³-hybridized carbons (Fsp3) is 0.111. The van der Waals surface area contributed by atoms with Crippen LogP contribution in [0.25, 0.3) is 0 Å². The van der Waals surface area contributed by atoms with Gasteiger partial charge in [-0.25, -0.2) is 0 Å². The summed E-state index contributed by atoms with van der Waals surface area (Å²) in [6, 6.07) is 9.26. The third-order valence-corrected chi connectivity index (χ3v) is 1.97. The Labute approximate surface area is 78.3 Å². The first-order valence-corrected chi connectivity index (χ1v) is 4.92. The molecule has 0 radical (unpaired) electrons. The lowest BCUT2D eigenvalue weighted by Gasteiger charge is -2.13. The van der Waals surface area contributed by atoms with Crippen LogP contribution in [0.1, 0.15) is 11.7 Å². The standard InChI is InChI=1S/C9H11O3P/c1-2-9(12-13(10)11)8-6-4-3-5-7-8/h2-7,9-11H,1H2. The van der Waals surface area contributed by atoms with Crippen LogP contribution in [0, 0.1) is 0 Å². The number of hydrogen-bond acceptors (Lipinski definition) is 3. The second kappa shape index (κ2) is 5.10. The van der Waals surface area contributed by atoms with Crippen LogP contribution in [-0.4, -0.2) is 9.79 Å². The van der Waals surface area contributed by atoms with Gasteiger partial charge in [0.1, 0.15) is 6.10 Å². The summed E-state index contributed by atoms with van der Waals surface area (Å²) < 4.78 is 4.84. The summed E-state index contributed by atoms with van der Waals surface area (Å²) in [7, 11) is -2.34. The molecule has 3 nitrogen and oxygen atoms in total. The Morgan fingerprint density at radius 3 is 2.38 bits per heavy atom. The molecular weight excluding hydrogens is 187 g/mol. The Morgan fingerprint density at radius 2 is 1.92 bits per heavy atom. The van der Waals surface area contributed by atoms with E-state index in [-0.39, 0.29) is 0 Å². The maximum absolute atomic E-state index is 8.67. The van der Waals surface area contributed by atoms with Gasteiger partial charge in [0.05, 0.1) is 0 Å². The lowest BCUT2D eigenvalue weighted by Crippen LogP contribution is -1.96. The summed E-state index contributed by atoms with van der Waals surface area (Å²) in [5.41, 5.74) is 0.855. The summed E-state index contributed by atoms with van der Waals surface area (Å²) in [5, 5.41) is 0. The second-order valence-corrected chi connectivity index (χ2v) is 3.14. The zero-order chi connectivity index (χ0) is 9.68. The van der Waals surface area contributed by atoms with E-state index in [0.717, 1.165) is 5.56 Å². The van der Waals surface area contributed by atoms with E-state index in [9.17, 15) is 0 Å². The molecule has 1 rings (SSSR count). The van der Waals surface area contributed by atoms with Gasteiger partial charge in [-0.15, -0.1) is 6.58 Å². The van der Waals surface area contributed by atoms with E-state index in [4.69, 9.17) is 14.3 Å². The topological polar surface area (TPSA) is 49.7 Å². The minimum Gasteiger partial charge on any atom is -0.328 e. The Kier molecular flexibility index (Phi) is 4.06. The van der Waals surface area contributed by atoms with E-state index in [2.05, 4.69) is 6.58 Å². The van der Waals surface area contributed by atoms with Crippen LogP contribution in [0.5, 0.6) is 0 Å². The summed E-state index contributed by atoms with van der Waals surface area (Å²) in [5.74, 6) is 0. The highest BCUT2D eigenvalue weighted by molar-refractivity contribution is 7.39. The molecular formula is C9H11O3P. The average Bonchev–Trinajstić information content (AvgIpc) is 2.15. The van der Waals surface area contributed by atoms with Crippen molar-refractivity contribution in [3.63, 3.8) is 0 Å². The van der Waals surface area contributed by atoms with E-state index < -0.39 is 14.7 Å². The van der Waals surface area contributed by atoms with Gasteiger partial charge in [0.15, 0.2) is 0 Å². The van der Waals surface area contributed by atoms with Gasteiger partial charge in [0.25, 0.3) is 0 Å². The first kappa shape index (κ1) is 10.4. The largest absolute Gasteiger partial charge is 0.328 e. The highest BCUT2D eigenvalue weighted by atomic mass is 31.2. The number of benzene rings is 1. The second-order valence-electron chi connectivity index (χ2n) is 2.43. The summed E-state index contributed by atoms with van der Waals surface area (Å²) >= 11 is 0. The number of hydrogen-bond donors (Lipinski definition) is 2. The van der Waals surface area contributed by atoms with E-state index in [0.29, 0.717) is 0 Å². The molecule has 0 saturated heterocycles. The normalized spacial score (nSPS) is 12.8. The minimum absolute atomic E-state index is 0.456. The third-order valence-electron chi connectivity index (χ3n) is 1.55. The van der Waals surface area contributed by atoms with Crippen molar-refractivity contribution in [3.05, 3.63) is 48.6 Å². The predicted molar refractivity (Wildman–Crippen MR) is 51.8 cm³/mol. The van der Waals surface area contributed by atoms with Gasteiger partial charge in [-0.3, -0.25) is 0 Å². The van der Waals surface area contributed by atoms with Crippen LogP contribution < -0.4 is 0 Å². The van der Waals surface area contributed by atoms with Crippen molar-refractivity contribution in [3.8, 4) is 0 Å². The van der Waals surface area contributed by atoms with Crippen LogP contribution in [-0.2, 0) is 4.52 Å². The van der Waals surface area contributed by atoms with Crippen molar-refractivity contribution in [2.75, 3.05) is 0 Å². The molecule has 0 aliphatic heterocycles. The van der Waals surface area contributed by atoms with Crippen molar-refractivity contribution in [2.45, 2.75) is 6.10 Å². The first-order valence-electron chi connectivity index (χ1n) is 3.76. The van der Waals surface area contributed by atoms with Crippen LogP contribution >= 0.6 is 8.60 Å². The molecule has 1 atom stereocenters. The quantitative estimate of drug-likeness (QED) is 0.575. The zero-order valence-corrected chi connectivity index (χ0v) is 7.89. The smallest absolute Gasteiger partial charge is 0.327 e. The number of rotatable bonds is 4. The molecule has 0 aromatic heterocycles. The molecule has 13 heavy (non-hydrogen) atoms. The van der Waals surface area contributed by atoms with Crippen LogP contribution in [0.15, 0.2) is 43.0 Å². The molecule has 0 saturated carbocycles. The Balaban J connectivity index is 2.73. The predicted octanol–water partition coefficient (Wildman–Crippen LogP) is 2.14. The molecule has 1 aromatic carbocycles. The van der Waals surface area contributed by atoms with Gasteiger partial charge in [-0.1, -0.05) is 36.4 Å². The van der Waals surface area contributed by atoms with Crippen molar-refractivity contribution in [1.29, 1.82) is 0 Å². The summed E-state index contributed by atoms with van der Waals surface area (Å²) in [4.78, 5) is 17.3. The molecule has 0 heterocycles.